The van der Waals surface area contributed by atoms with Gasteiger partial charge in [-0.05, 0) is 19.4 Å². The summed E-state index contributed by atoms with van der Waals surface area (Å²) in [5, 5.41) is 13.7. The van der Waals surface area contributed by atoms with Crippen LogP contribution in [-0.4, -0.2) is 24.9 Å². The average Bonchev–Trinajstić information content (AvgIpc) is 2.74. The van der Waals surface area contributed by atoms with E-state index in [2.05, 4.69) is 15.1 Å². The number of hydrogen-bond acceptors (Lipinski definition) is 4. The van der Waals surface area contributed by atoms with Gasteiger partial charge in [0.25, 0.3) is 5.56 Å². The van der Waals surface area contributed by atoms with E-state index in [0.29, 0.717) is 11.5 Å². The molecule has 2 N–H and O–H groups in total. The SMILES string of the molecule is CCCn1nccc1-c1nc(O)c(C)c(=O)[nH]1. The van der Waals surface area contributed by atoms with Gasteiger partial charge < -0.3 is 10.1 Å². The highest BCUT2D eigenvalue weighted by Gasteiger charge is 2.11. The quantitative estimate of drug-likeness (QED) is 0.831. The predicted octanol–water partition coefficient (Wildman–Crippen LogP) is 1.06. The van der Waals surface area contributed by atoms with Crippen molar-refractivity contribution in [2.45, 2.75) is 26.8 Å². The summed E-state index contributed by atoms with van der Waals surface area (Å²) in [6, 6.07) is 1.75. The zero-order valence-corrected chi connectivity index (χ0v) is 9.77. The Morgan fingerprint density at radius 3 is 2.94 bits per heavy atom. The molecule has 6 heteroatoms. The topological polar surface area (TPSA) is 83.8 Å². The Morgan fingerprint density at radius 2 is 2.29 bits per heavy atom. The van der Waals surface area contributed by atoms with E-state index in [4.69, 9.17) is 0 Å². The maximum absolute atomic E-state index is 11.5. The Labute approximate surface area is 98.0 Å². The average molecular weight is 234 g/mol. The standard InChI is InChI=1S/C11H14N4O2/c1-3-6-15-8(4-5-12-15)9-13-10(16)7(2)11(17)14-9/h4-5H,3,6H2,1-2H3,(H2,13,14,16,17). The van der Waals surface area contributed by atoms with Crippen LogP contribution in [0.3, 0.4) is 0 Å². The van der Waals surface area contributed by atoms with Crippen LogP contribution in [-0.2, 0) is 6.54 Å². The number of nitrogens with zero attached hydrogens (tertiary/aromatic N) is 3. The summed E-state index contributed by atoms with van der Waals surface area (Å²) >= 11 is 0. The molecule has 0 atom stereocenters. The molecule has 90 valence electrons. The molecule has 17 heavy (non-hydrogen) atoms. The molecule has 2 aromatic heterocycles. The summed E-state index contributed by atoms with van der Waals surface area (Å²) in [5.41, 5.74) is 0.575. The first-order valence-electron chi connectivity index (χ1n) is 5.45. The molecule has 0 fully saturated rings. The third kappa shape index (κ3) is 2.06. The number of nitrogens with one attached hydrogen (secondary N) is 1. The smallest absolute Gasteiger partial charge is 0.257 e. The van der Waals surface area contributed by atoms with E-state index in [1.165, 1.54) is 6.92 Å². The van der Waals surface area contributed by atoms with E-state index in [9.17, 15) is 9.90 Å². The van der Waals surface area contributed by atoms with Crippen molar-refractivity contribution < 1.29 is 5.11 Å². The summed E-state index contributed by atoms with van der Waals surface area (Å²) < 4.78 is 1.74. The van der Waals surface area contributed by atoms with E-state index in [0.717, 1.165) is 13.0 Å². The van der Waals surface area contributed by atoms with Crippen LogP contribution < -0.4 is 5.56 Å². The third-order valence-electron chi connectivity index (χ3n) is 2.52. The minimum Gasteiger partial charge on any atom is -0.493 e. The second-order valence-corrected chi connectivity index (χ2v) is 3.80. The number of hydrogen-bond donors (Lipinski definition) is 2. The van der Waals surface area contributed by atoms with Gasteiger partial charge in [0.05, 0.1) is 5.56 Å². The first-order chi connectivity index (χ1) is 8.13. The molecule has 0 radical (unpaired) electrons. The number of aromatic amines is 1. The lowest BCUT2D eigenvalue weighted by molar-refractivity contribution is 0.446. The molecule has 0 amide bonds. The second-order valence-electron chi connectivity index (χ2n) is 3.80. The first kappa shape index (κ1) is 11.4. The van der Waals surface area contributed by atoms with E-state index in [1.807, 2.05) is 6.92 Å². The molecule has 0 saturated heterocycles. The summed E-state index contributed by atoms with van der Waals surface area (Å²) in [5.74, 6) is 0.0945. The highest BCUT2D eigenvalue weighted by atomic mass is 16.3. The fraction of sp³-hybridized carbons (Fsp3) is 0.364. The lowest BCUT2D eigenvalue weighted by Crippen LogP contribution is -2.13. The maximum Gasteiger partial charge on any atom is 0.257 e. The lowest BCUT2D eigenvalue weighted by Gasteiger charge is -2.06. The number of aromatic nitrogens is 4. The van der Waals surface area contributed by atoms with Crippen LogP contribution >= 0.6 is 0 Å². The highest BCUT2D eigenvalue weighted by Crippen LogP contribution is 2.16. The molecule has 0 unspecified atom stereocenters. The predicted molar refractivity (Wildman–Crippen MR) is 62.8 cm³/mol. The highest BCUT2D eigenvalue weighted by molar-refractivity contribution is 5.50. The van der Waals surface area contributed by atoms with Crippen molar-refractivity contribution in [2.75, 3.05) is 0 Å². The molecule has 0 bridgehead atoms. The van der Waals surface area contributed by atoms with Gasteiger partial charge in [-0.3, -0.25) is 9.48 Å². The van der Waals surface area contributed by atoms with Gasteiger partial charge >= 0.3 is 0 Å². The Kier molecular flexibility index (Phi) is 2.95. The molecule has 0 spiro atoms. The molecule has 2 rings (SSSR count). The largest absolute Gasteiger partial charge is 0.493 e. The number of aryl methyl sites for hydroxylation is 1. The molecule has 0 aliphatic rings. The van der Waals surface area contributed by atoms with Crippen molar-refractivity contribution >= 4 is 0 Å². The molecule has 0 aliphatic heterocycles. The van der Waals surface area contributed by atoms with Crippen molar-refractivity contribution in [3.63, 3.8) is 0 Å². The minimum atomic E-state index is -0.336. The third-order valence-corrected chi connectivity index (χ3v) is 2.52. The van der Waals surface area contributed by atoms with E-state index < -0.39 is 0 Å². The molecule has 6 nitrogen and oxygen atoms in total. The van der Waals surface area contributed by atoms with Crippen molar-refractivity contribution in [2.24, 2.45) is 0 Å². The van der Waals surface area contributed by atoms with Crippen molar-refractivity contribution in [3.8, 4) is 17.4 Å². The number of aromatic hydroxyl groups is 1. The fourth-order valence-corrected chi connectivity index (χ4v) is 1.57. The van der Waals surface area contributed by atoms with Crippen LogP contribution in [0.4, 0.5) is 0 Å². The molecule has 2 heterocycles. The summed E-state index contributed by atoms with van der Waals surface area (Å²) in [7, 11) is 0. The molecule has 0 aliphatic carbocycles. The van der Waals surface area contributed by atoms with E-state index >= 15 is 0 Å². The van der Waals surface area contributed by atoms with Gasteiger partial charge in [0.2, 0.25) is 5.88 Å². The monoisotopic (exact) mass is 234 g/mol. The van der Waals surface area contributed by atoms with Crippen LogP contribution in [0.5, 0.6) is 5.88 Å². The summed E-state index contributed by atoms with van der Waals surface area (Å²) in [6.07, 6.45) is 2.57. The van der Waals surface area contributed by atoms with Gasteiger partial charge in [0.15, 0.2) is 5.82 Å². The minimum absolute atomic E-state index is 0.218. The molecule has 0 aromatic carbocycles. The Morgan fingerprint density at radius 1 is 1.53 bits per heavy atom. The van der Waals surface area contributed by atoms with Gasteiger partial charge in [-0.25, -0.2) is 0 Å². The van der Waals surface area contributed by atoms with Gasteiger partial charge in [-0.2, -0.15) is 10.1 Å². The van der Waals surface area contributed by atoms with E-state index in [-0.39, 0.29) is 17.0 Å². The van der Waals surface area contributed by atoms with Crippen LogP contribution in [0.15, 0.2) is 17.1 Å². The van der Waals surface area contributed by atoms with Gasteiger partial charge in [-0.15, -0.1) is 0 Å². The maximum atomic E-state index is 11.5. The van der Waals surface area contributed by atoms with Crippen molar-refractivity contribution in [1.29, 1.82) is 0 Å². The van der Waals surface area contributed by atoms with Gasteiger partial charge in [-0.1, -0.05) is 6.92 Å². The summed E-state index contributed by atoms with van der Waals surface area (Å²) in [4.78, 5) is 18.1. The molecular formula is C11H14N4O2. The van der Waals surface area contributed by atoms with Crippen LogP contribution in [0.25, 0.3) is 11.5 Å². The van der Waals surface area contributed by atoms with E-state index in [1.54, 1.807) is 16.9 Å². The zero-order chi connectivity index (χ0) is 12.4. The fourth-order valence-electron chi connectivity index (χ4n) is 1.57. The van der Waals surface area contributed by atoms with Gasteiger partial charge in [0.1, 0.15) is 5.69 Å². The van der Waals surface area contributed by atoms with Crippen LogP contribution in [0, 0.1) is 6.92 Å². The summed E-state index contributed by atoms with van der Waals surface area (Å²) in [6.45, 7) is 4.29. The lowest BCUT2D eigenvalue weighted by atomic mass is 10.3. The molecule has 2 aromatic rings. The number of rotatable bonds is 3. The Balaban J connectivity index is 2.53. The number of H-pyrrole nitrogens is 1. The zero-order valence-electron chi connectivity index (χ0n) is 9.77. The normalized spacial score (nSPS) is 10.7. The van der Waals surface area contributed by atoms with Crippen LogP contribution in [0.2, 0.25) is 0 Å². The Hall–Kier alpha value is -2.11. The Bertz CT molecular complexity index is 585. The second kappa shape index (κ2) is 4.40. The first-order valence-corrected chi connectivity index (χ1v) is 5.45. The van der Waals surface area contributed by atoms with Crippen molar-refractivity contribution in [3.05, 3.63) is 28.2 Å². The molecular weight excluding hydrogens is 220 g/mol. The van der Waals surface area contributed by atoms with Gasteiger partial charge in [0, 0.05) is 12.7 Å². The van der Waals surface area contributed by atoms with Crippen LogP contribution in [0.1, 0.15) is 18.9 Å². The molecule has 0 saturated carbocycles. The van der Waals surface area contributed by atoms with Crippen molar-refractivity contribution in [1.82, 2.24) is 19.7 Å².